The number of benzene rings is 8. The molecule has 278 valence electrons. The van der Waals surface area contributed by atoms with Crippen LogP contribution >= 0.6 is 0 Å². The number of furan rings is 2. The minimum absolute atomic E-state index is 0.157. The molecular weight excluding hydrogens is 723 g/mol. The van der Waals surface area contributed by atoms with Gasteiger partial charge in [0.2, 0.25) is 0 Å². The van der Waals surface area contributed by atoms with E-state index >= 15 is 0 Å². The van der Waals surface area contributed by atoms with Crippen molar-refractivity contribution in [1.82, 2.24) is 15.0 Å². The van der Waals surface area contributed by atoms with Gasteiger partial charge in [0.15, 0.2) is 17.5 Å². The van der Waals surface area contributed by atoms with Gasteiger partial charge in [0.1, 0.15) is 22.3 Å². The molecule has 12 rings (SSSR count). The lowest BCUT2D eigenvalue weighted by Crippen LogP contribution is -2.15. The van der Waals surface area contributed by atoms with E-state index in [0.29, 0.717) is 17.5 Å². The van der Waals surface area contributed by atoms with Crippen molar-refractivity contribution in [3.8, 4) is 67.5 Å². The van der Waals surface area contributed by atoms with Crippen molar-refractivity contribution in [2.45, 2.75) is 19.3 Å². The molecule has 0 spiro atoms. The van der Waals surface area contributed by atoms with Gasteiger partial charge in [-0.25, -0.2) is 15.0 Å². The van der Waals surface area contributed by atoms with Crippen LogP contribution < -0.4 is 0 Å². The smallest absolute Gasteiger partial charge is 0.164 e. The lowest BCUT2D eigenvalue weighted by molar-refractivity contribution is 0.660. The minimum atomic E-state index is -0.157. The lowest BCUT2D eigenvalue weighted by atomic mass is 9.82. The Balaban J connectivity index is 1.06. The number of hydrogen-bond donors (Lipinski definition) is 0. The van der Waals surface area contributed by atoms with Crippen molar-refractivity contribution in [2.24, 2.45) is 0 Å². The topological polar surface area (TPSA) is 65.0 Å². The predicted octanol–water partition coefficient (Wildman–Crippen LogP) is 14.3. The highest BCUT2D eigenvalue weighted by Gasteiger charge is 2.35. The van der Waals surface area contributed by atoms with Gasteiger partial charge < -0.3 is 8.83 Å². The summed E-state index contributed by atoms with van der Waals surface area (Å²) in [6.45, 7) is 4.60. The summed E-state index contributed by atoms with van der Waals surface area (Å²) >= 11 is 0. The number of aromatic nitrogens is 3. The highest BCUT2D eigenvalue weighted by molar-refractivity contribution is 6.18. The summed E-state index contributed by atoms with van der Waals surface area (Å²) in [4.78, 5) is 15.6. The zero-order chi connectivity index (χ0) is 39.2. The first-order chi connectivity index (χ1) is 29.0. The van der Waals surface area contributed by atoms with Gasteiger partial charge in [-0.3, -0.25) is 0 Å². The Bertz CT molecular complexity index is 3470. The fourth-order valence-corrected chi connectivity index (χ4v) is 9.28. The van der Waals surface area contributed by atoms with Crippen LogP contribution in [0.5, 0.6) is 0 Å². The Kier molecular flexibility index (Phi) is 7.20. The maximum Gasteiger partial charge on any atom is 0.164 e. The van der Waals surface area contributed by atoms with Crippen LogP contribution in [0.25, 0.3) is 111 Å². The van der Waals surface area contributed by atoms with E-state index in [2.05, 4.69) is 141 Å². The van der Waals surface area contributed by atoms with Crippen molar-refractivity contribution < 1.29 is 8.83 Å². The van der Waals surface area contributed by atoms with Gasteiger partial charge >= 0.3 is 0 Å². The van der Waals surface area contributed by atoms with Gasteiger partial charge in [-0.2, -0.15) is 0 Å². The van der Waals surface area contributed by atoms with Crippen molar-refractivity contribution in [2.75, 3.05) is 0 Å². The van der Waals surface area contributed by atoms with Crippen molar-refractivity contribution in [1.29, 1.82) is 0 Å². The van der Waals surface area contributed by atoms with E-state index in [9.17, 15) is 0 Å². The monoisotopic (exact) mass is 757 g/mol. The standard InChI is InChI=1S/C54H35N3O2/c1-54(2)43-21-11-9-18-38(43)39-26-24-35(31-44(39)54)52-55-51(33-16-7-4-8-17-33)56-53(57-52)41-20-13-23-47-48(41)42-30-34(25-29-46(42)58-47)36-27-28-37(32-14-5-3-6-15-32)50-49(36)40-19-10-12-22-45(40)59-50/h3-31H,1-2H3. The van der Waals surface area contributed by atoms with Crippen LogP contribution in [0.15, 0.2) is 185 Å². The van der Waals surface area contributed by atoms with Gasteiger partial charge in [0, 0.05) is 49.2 Å². The average Bonchev–Trinajstić information content (AvgIpc) is 3.94. The molecule has 8 aromatic carbocycles. The van der Waals surface area contributed by atoms with Crippen LogP contribution in [0.1, 0.15) is 25.0 Å². The highest BCUT2D eigenvalue weighted by Crippen LogP contribution is 2.50. The number of rotatable bonds is 5. The molecule has 11 aromatic rings. The molecule has 1 aliphatic carbocycles. The first kappa shape index (κ1) is 33.5. The molecule has 0 aliphatic heterocycles. The molecule has 0 saturated heterocycles. The second-order valence-corrected chi connectivity index (χ2v) is 15.9. The zero-order valence-corrected chi connectivity index (χ0v) is 32.4. The fourth-order valence-electron chi connectivity index (χ4n) is 9.28. The molecule has 5 heteroatoms. The first-order valence-electron chi connectivity index (χ1n) is 20.0. The van der Waals surface area contributed by atoms with E-state index in [0.717, 1.165) is 82.8 Å². The maximum atomic E-state index is 6.63. The van der Waals surface area contributed by atoms with Gasteiger partial charge in [-0.05, 0) is 75.3 Å². The SMILES string of the molecule is CC1(C)c2ccccc2-c2ccc(-c3nc(-c4ccccc4)nc(-c4cccc5oc6ccc(-c7ccc(-c8ccccc8)c8oc9ccccc9c78)cc6c45)n3)cc21. The normalized spacial score (nSPS) is 13.1. The van der Waals surface area contributed by atoms with Gasteiger partial charge in [0.25, 0.3) is 0 Å². The second kappa shape index (κ2) is 12.7. The third-order valence-corrected chi connectivity index (χ3v) is 12.2. The average molecular weight is 758 g/mol. The van der Waals surface area contributed by atoms with E-state index in [1.807, 2.05) is 48.5 Å². The Labute approximate surface area is 340 Å². The summed E-state index contributed by atoms with van der Waals surface area (Å²) in [5.41, 5.74) is 15.4. The summed E-state index contributed by atoms with van der Waals surface area (Å²) in [5.74, 6) is 1.83. The Hall–Kier alpha value is -7.63. The molecule has 5 nitrogen and oxygen atoms in total. The molecule has 0 amide bonds. The Morgan fingerprint density at radius 1 is 0.356 bits per heavy atom. The van der Waals surface area contributed by atoms with Gasteiger partial charge in [0.05, 0.1) is 0 Å². The van der Waals surface area contributed by atoms with Gasteiger partial charge in [-0.1, -0.05) is 153 Å². The van der Waals surface area contributed by atoms with Crippen LogP contribution in [0.3, 0.4) is 0 Å². The van der Waals surface area contributed by atoms with Crippen LogP contribution in [0.2, 0.25) is 0 Å². The van der Waals surface area contributed by atoms with E-state index in [1.54, 1.807) is 0 Å². The third-order valence-electron chi connectivity index (χ3n) is 12.2. The molecule has 59 heavy (non-hydrogen) atoms. The van der Waals surface area contributed by atoms with E-state index in [-0.39, 0.29) is 5.41 Å². The molecule has 3 aromatic heterocycles. The number of para-hydroxylation sites is 1. The largest absolute Gasteiger partial charge is 0.456 e. The number of nitrogens with zero attached hydrogens (tertiary/aromatic N) is 3. The Morgan fingerprint density at radius 2 is 0.966 bits per heavy atom. The first-order valence-corrected chi connectivity index (χ1v) is 20.0. The molecule has 0 fully saturated rings. The van der Waals surface area contributed by atoms with Crippen LogP contribution in [0.4, 0.5) is 0 Å². The second-order valence-electron chi connectivity index (χ2n) is 15.9. The van der Waals surface area contributed by atoms with Crippen LogP contribution in [0, 0.1) is 0 Å². The van der Waals surface area contributed by atoms with Crippen LogP contribution in [-0.4, -0.2) is 15.0 Å². The number of fused-ring (bicyclic) bond motifs is 9. The summed E-state index contributed by atoms with van der Waals surface area (Å²) in [6, 6.07) is 61.2. The molecule has 0 bridgehead atoms. The molecular formula is C54H35N3O2. The van der Waals surface area contributed by atoms with E-state index < -0.39 is 0 Å². The molecule has 0 radical (unpaired) electrons. The molecule has 0 N–H and O–H groups in total. The van der Waals surface area contributed by atoms with Crippen molar-refractivity contribution in [3.05, 3.63) is 187 Å². The van der Waals surface area contributed by atoms with E-state index in [1.165, 1.54) is 22.3 Å². The number of hydrogen-bond acceptors (Lipinski definition) is 5. The molecule has 0 atom stereocenters. The van der Waals surface area contributed by atoms with Crippen molar-refractivity contribution >= 4 is 43.9 Å². The summed E-state index contributed by atoms with van der Waals surface area (Å²) in [5, 5.41) is 4.12. The zero-order valence-electron chi connectivity index (χ0n) is 32.4. The lowest BCUT2D eigenvalue weighted by Gasteiger charge is -2.21. The summed E-state index contributed by atoms with van der Waals surface area (Å²) in [6.07, 6.45) is 0. The summed E-state index contributed by atoms with van der Waals surface area (Å²) in [7, 11) is 0. The highest BCUT2D eigenvalue weighted by atomic mass is 16.3. The summed E-state index contributed by atoms with van der Waals surface area (Å²) < 4.78 is 13.2. The molecule has 0 saturated carbocycles. The quantitative estimate of drug-likeness (QED) is 0.175. The molecule has 0 unspecified atom stereocenters. The molecule has 1 aliphatic rings. The van der Waals surface area contributed by atoms with Gasteiger partial charge in [-0.15, -0.1) is 0 Å². The van der Waals surface area contributed by atoms with E-state index in [4.69, 9.17) is 23.8 Å². The van der Waals surface area contributed by atoms with Crippen LogP contribution in [-0.2, 0) is 5.41 Å². The Morgan fingerprint density at radius 3 is 1.81 bits per heavy atom. The third kappa shape index (κ3) is 5.14. The molecule has 3 heterocycles. The predicted molar refractivity (Wildman–Crippen MR) is 239 cm³/mol. The maximum absolute atomic E-state index is 6.63. The fraction of sp³-hybridized carbons (Fsp3) is 0.0556. The van der Waals surface area contributed by atoms with Crippen molar-refractivity contribution in [3.63, 3.8) is 0 Å². The minimum Gasteiger partial charge on any atom is -0.456 e.